The zero-order valence-corrected chi connectivity index (χ0v) is 9.67. The first-order chi connectivity index (χ1) is 8.83. The quantitative estimate of drug-likeness (QED) is 0.891. The summed E-state index contributed by atoms with van der Waals surface area (Å²) in [7, 11) is 0. The number of hydrogen-bond acceptors (Lipinski definition) is 5. The van der Waals surface area contributed by atoms with Crippen LogP contribution in [0.1, 0.15) is 19.3 Å². The number of rotatable bonds is 3. The third-order valence-electron chi connectivity index (χ3n) is 3.06. The maximum absolute atomic E-state index is 11.7. The Morgan fingerprint density at radius 2 is 2.06 bits per heavy atom. The number of pyridine rings is 1. The van der Waals surface area contributed by atoms with Crippen molar-refractivity contribution in [3.05, 3.63) is 24.5 Å². The molecule has 2 aromatic rings. The molecule has 2 heterocycles. The molecule has 3 rings (SSSR count). The third-order valence-corrected chi connectivity index (χ3v) is 3.06. The van der Waals surface area contributed by atoms with Crippen molar-refractivity contribution in [2.45, 2.75) is 19.3 Å². The minimum absolute atomic E-state index is 0.0359. The van der Waals surface area contributed by atoms with Crippen LogP contribution in [0.4, 0.5) is 6.01 Å². The number of nitrogens with one attached hydrogen (secondary N) is 1. The highest BCUT2D eigenvalue weighted by atomic mass is 16.4. The third kappa shape index (κ3) is 2.09. The lowest BCUT2D eigenvalue weighted by molar-refractivity contribution is -0.122. The van der Waals surface area contributed by atoms with Gasteiger partial charge in [-0.05, 0) is 25.0 Å². The van der Waals surface area contributed by atoms with Gasteiger partial charge in [-0.2, -0.15) is 0 Å². The Morgan fingerprint density at radius 3 is 2.72 bits per heavy atom. The molecule has 0 unspecified atom stereocenters. The molecule has 2 aromatic heterocycles. The molecule has 1 saturated carbocycles. The maximum Gasteiger partial charge on any atom is 0.322 e. The van der Waals surface area contributed by atoms with Gasteiger partial charge in [0, 0.05) is 23.9 Å². The van der Waals surface area contributed by atoms with Gasteiger partial charge >= 0.3 is 6.01 Å². The Balaban J connectivity index is 1.71. The first-order valence-electron chi connectivity index (χ1n) is 5.88. The summed E-state index contributed by atoms with van der Waals surface area (Å²) in [5.74, 6) is 0.439. The lowest BCUT2D eigenvalue weighted by Gasteiger charge is -2.22. The molecular formula is C12H12N4O2. The van der Waals surface area contributed by atoms with Gasteiger partial charge < -0.3 is 4.42 Å². The molecule has 18 heavy (non-hydrogen) atoms. The molecule has 0 saturated heterocycles. The highest BCUT2D eigenvalue weighted by Gasteiger charge is 2.26. The van der Waals surface area contributed by atoms with Crippen LogP contribution in [0.2, 0.25) is 0 Å². The molecule has 92 valence electrons. The van der Waals surface area contributed by atoms with Crippen LogP contribution < -0.4 is 5.32 Å². The van der Waals surface area contributed by atoms with E-state index in [1.165, 1.54) is 0 Å². The van der Waals surface area contributed by atoms with Crippen molar-refractivity contribution in [1.29, 1.82) is 0 Å². The van der Waals surface area contributed by atoms with Crippen molar-refractivity contribution in [3.8, 4) is 11.5 Å². The van der Waals surface area contributed by atoms with Gasteiger partial charge in [-0.15, -0.1) is 5.10 Å². The SMILES string of the molecule is O=C(Nc1nnc(-c2ccncc2)o1)C1CCC1. The molecule has 0 aliphatic heterocycles. The number of carbonyl (C=O) groups excluding carboxylic acids is 1. The summed E-state index contributed by atoms with van der Waals surface area (Å²) in [5.41, 5.74) is 0.779. The summed E-state index contributed by atoms with van der Waals surface area (Å²) in [6, 6.07) is 3.69. The molecule has 0 bridgehead atoms. The van der Waals surface area contributed by atoms with Crippen LogP contribution in [0.5, 0.6) is 0 Å². The van der Waals surface area contributed by atoms with E-state index < -0.39 is 0 Å². The zero-order chi connectivity index (χ0) is 12.4. The molecule has 1 amide bonds. The molecule has 1 aliphatic rings. The summed E-state index contributed by atoms with van der Waals surface area (Å²) < 4.78 is 5.38. The second-order valence-electron chi connectivity index (χ2n) is 4.27. The van der Waals surface area contributed by atoms with E-state index >= 15 is 0 Å². The largest absolute Gasteiger partial charge is 0.403 e. The van der Waals surface area contributed by atoms with Crippen LogP contribution in [0, 0.1) is 5.92 Å². The number of amides is 1. The average Bonchev–Trinajstić information content (AvgIpc) is 2.76. The Kier molecular flexibility index (Phi) is 2.76. The molecule has 1 aliphatic carbocycles. The summed E-state index contributed by atoms with van der Waals surface area (Å²) in [5, 5.41) is 10.3. The lowest BCUT2D eigenvalue weighted by atomic mass is 9.85. The predicted molar refractivity (Wildman–Crippen MR) is 63.5 cm³/mol. The van der Waals surface area contributed by atoms with Crippen molar-refractivity contribution in [3.63, 3.8) is 0 Å². The van der Waals surface area contributed by atoms with Gasteiger partial charge in [0.25, 0.3) is 0 Å². The minimum atomic E-state index is -0.0359. The van der Waals surface area contributed by atoms with Gasteiger partial charge in [-0.3, -0.25) is 15.1 Å². The molecule has 1 fully saturated rings. The smallest absolute Gasteiger partial charge is 0.322 e. The fraction of sp³-hybridized carbons (Fsp3) is 0.333. The fourth-order valence-electron chi connectivity index (χ4n) is 1.76. The number of nitrogens with zero attached hydrogens (tertiary/aromatic N) is 3. The normalized spacial score (nSPS) is 15.1. The fourth-order valence-corrected chi connectivity index (χ4v) is 1.76. The van der Waals surface area contributed by atoms with Gasteiger partial charge in [0.2, 0.25) is 11.8 Å². The van der Waals surface area contributed by atoms with Crippen LogP contribution >= 0.6 is 0 Å². The first-order valence-corrected chi connectivity index (χ1v) is 5.88. The summed E-state index contributed by atoms with van der Waals surface area (Å²) in [6.07, 6.45) is 6.29. The van der Waals surface area contributed by atoms with E-state index in [0.29, 0.717) is 5.89 Å². The minimum Gasteiger partial charge on any atom is -0.403 e. The molecule has 1 N–H and O–H groups in total. The number of carbonyl (C=O) groups is 1. The standard InChI is InChI=1S/C12H12N4O2/c17-10(8-2-1-3-8)14-12-16-15-11(18-12)9-4-6-13-7-5-9/h4-8H,1-3H2,(H,14,16,17). The van der Waals surface area contributed by atoms with Gasteiger partial charge in [0.05, 0.1) is 0 Å². The monoisotopic (exact) mass is 244 g/mol. The van der Waals surface area contributed by atoms with Crippen LogP contribution in [0.3, 0.4) is 0 Å². The Labute approximate surface area is 103 Å². The van der Waals surface area contributed by atoms with Crippen LogP contribution in [-0.4, -0.2) is 21.1 Å². The van der Waals surface area contributed by atoms with Gasteiger partial charge in [0.1, 0.15) is 0 Å². The van der Waals surface area contributed by atoms with E-state index in [0.717, 1.165) is 24.8 Å². The zero-order valence-electron chi connectivity index (χ0n) is 9.67. The van der Waals surface area contributed by atoms with Crippen molar-refractivity contribution < 1.29 is 9.21 Å². The highest BCUT2D eigenvalue weighted by Crippen LogP contribution is 2.27. The molecule has 0 aromatic carbocycles. The maximum atomic E-state index is 11.7. The van der Waals surface area contributed by atoms with E-state index in [2.05, 4.69) is 20.5 Å². The van der Waals surface area contributed by atoms with E-state index in [1.54, 1.807) is 24.5 Å². The molecule has 0 atom stereocenters. The van der Waals surface area contributed by atoms with Crippen molar-refractivity contribution in [1.82, 2.24) is 15.2 Å². The van der Waals surface area contributed by atoms with Crippen LogP contribution in [0.25, 0.3) is 11.5 Å². The first kappa shape index (κ1) is 10.9. The van der Waals surface area contributed by atoms with Crippen molar-refractivity contribution in [2.75, 3.05) is 5.32 Å². The van der Waals surface area contributed by atoms with Gasteiger partial charge in [0.15, 0.2) is 0 Å². The summed E-state index contributed by atoms with van der Waals surface area (Å²) >= 11 is 0. The van der Waals surface area contributed by atoms with Crippen molar-refractivity contribution >= 4 is 11.9 Å². The molecular weight excluding hydrogens is 232 g/mol. The second kappa shape index (κ2) is 4.56. The van der Waals surface area contributed by atoms with E-state index in [-0.39, 0.29) is 17.8 Å². The van der Waals surface area contributed by atoms with E-state index in [9.17, 15) is 4.79 Å². The number of anilines is 1. The van der Waals surface area contributed by atoms with Crippen molar-refractivity contribution in [2.24, 2.45) is 5.92 Å². The number of aromatic nitrogens is 3. The predicted octanol–water partition coefficient (Wildman–Crippen LogP) is 1.87. The van der Waals surface area contributed by atoms with Gasteiger partial charge in [-0.25, -0.2) is 0 Å². The molecule has 0 spiro atoms. The average molecular weight is 244 g/mol. The highest BCUT2D eigenvalue weighted by molar-refractivity contribution is 5.91. The Bertz CT molecular complexity index is 548. The van der Waals surface area contributed by atoms with Crippen LogP contribution in [0.15, 0.2) is 28.9 Å². The topological polar surface area (TPSA) is 80.9 Å². The van der Waals surface area contributed by atoms with E-state index in [1.807, 2.05) is 0 Å². The molecule has 6 heteroatoms. The summed E-state index contributed by atoms with van der Waals surface area (Å²) in [4.78, 5) is 15.6. The molecule has 6 nitrogen and oxygen atoms in total. The Morgan fingerprint density at radius 1 is 1.28 bits per heavy atom. The van der Waals surface area contributed by atoms with Crippen LogP contribution in [-0.2, 0) is 4.79 Å². The molecule has 0 radical (unpaired) electrons. The van der Waals surface area contributed by atoms with Gasteiger partial charge in [-0.1, -0.05) is 11.5 Å². The second-order valence-corrected chi connectivity index (χ2v) is 4.27. The number of hydrogen-bond donors (Lipinski definition) is 1. The summed E-state index contributed by atoms with van der Waals surface area (Å²) in [6.45, 7) is 0. The Hall–Kier alpha value is -2.24. The lowest BCUT2D eigenvalue weighted by Crippen LogP contribution is -2.28. The van der Waals surface area contributed by atoms with E-state index in [4.69, 9.17) is 4.42 Å².